The molecule has 0 radical (unpaired) electrons. The number of nitrogens with one attached hydrogen (secondary N) is 1. The molecule has 0 aliphatic carbocycles. The van der Waals surface area contributed by atoms with Crippen LogP contribution in [0.2, 0.25) is 0 Å². The number of aryl methyl sites for hydroxylation is 1. The molecule has 1 aromatic carbocycles. The molecule has 1 aliphatic heterocycles. The highest BCUT2D eigenvalue weighted by Crippen LogP contribution is 2.25. The van der Waals surface area contributed by atoms with Gasteiger partial charge in [-0.05, 0) is 30.7 Å². The van der Waals surface area contributed by atoms with Crippen LogP contribution in [0, 0.1) is 12.7 Å². The van der Waals surface area contributed by atoms with E-state index >= 15 is 0 Å². The Morgan fingerprint density at radius 1 is 1.38 bits per heavy atom. The molecule has 1 N–H and O–H groups in total. The molecule has 5 nitrogen and oxygen atoms in total. The number of carbonyl (C=O) groups is 1. The number of aromatic amines is 1. The average Bonchev–Trinajstić information content (AvgIpc) is 2.71. The molecule has 3 rings (SSSR count). The third-order valence-electron chi connectivity index (χ3n) is 3.99. The van der Waals surface area contributed by atoms with Gasteiger partial charge in [0.2, 0.25) is 0 Å². The minimum Gasteiger partial charge on any atom is -0.350 e. The fourth-order valence-corrected chi connectivity index (χ4v) is 4.15. The average molecular weight is 310 g/mol. The number of amides is 1. The third-order valence-corrected chi connectivity index (χ3v) is 5.78. The van der Waals surface area contributed by atoms with E-state index in [-0.39, 0.29) is 29.3 Å². The van der Waals surface area contributed by atoms with Crippen LogP contribution in [-0.4, -0.2) is 48.8 Å². The standard InChI is InChI=1S/C14H15FN2O3S/c1-8-11-4-3-9(15)5-12(11)16-13(8)14(18)17(2)10-6-21(19,20)7-10/h3-5,10,16H,6-7H2,1-2H3. The molecule has 1 amide bonds. The van der Waals surface area contributed by atoms with E-state index in [1.54, 1.807) is 20.0 Å². The number of hydrogen-bond donors (Lipinski definition) is 1. The first kappa shape index (κ1) is 14.1. The van der Waals surface area contributed by atoms with Gasteiger partial charge in [-0.2, -0.15) is 0 Å². The van der Waals surface area contributed by atoms with Crippen LogP contribution in [0.25, 0.3) is 10.9 Å². The molecular formula is C14H15FN2O3S. The van der Waals surface area contributed by atoms with E-state index in [1.807, 2.05) is 0 Å². The van der Waals surface area contributed by atoms with Crippen molar-refractivity contribution in [2.45, 2.75) is 13.0 Å². The maximum atomic E-state index is 13.2. The number of aromatic nitrogens is 1. The Balaban J connectivity index is 1.93. The van der Waals surface area contributed by atoms with Crippen molar-refractivity contribution in [1.29, 1.82) is 0 Å². The summed E-state index contributed by atoms with van der Waals surface area (Å²) in [6.07, 6.45) is 0. The number of nitrogens with zero attached hydrogens (tertiary/aromatic N) is 1. The minimum absolute atomic E-state index is 0.00312. The van der Waals surface area contributed by atoms with Crippen molar-refractivity contribution in [1.82, 2.24) is 9.88 Å². The molecule has 7 heteroatoms. The highest BCUT2D eigenvalue weighted by Gasteiger charge is 2.38. The van der Waals surface area contributed by atoms with Crippen molar-refractivity contribution in [3.63, 3.8) is 0 Å². The fraction of sp³-hybridized carbons (Fsp3) is 0.357. The molecule has 1 aliphatic rings. The van der Waals surface area contributed by atoms with Gasteiger partial charge in [0.25, 0.3) is 5.91 Å². The molecule has 0 bridgehead atoms. The van der Waals surface area contributed by atoms with Gasteiger partial charge in [-0.1, -0.05) is 0 Å². The Bertz CT molecular complexity index is 829. The van der Waals surface area contributed by atoms with Crippen LogP contribution in [0.5, 0.6) is 0 Å². The van der Waals surface area contributed by atoms with Gasteiger partial charge in [-0.15, -0.1) is 0 Å². The van der Waals surface area contributed by atoms with Crippen LogP contribution in [0.1, 0.15) is 16.1 Å². The molecule has 1 fully saturated rings. The lowest BCUT2D eigenvalue weighted by atomic mass is 10.1. The van der Waals surface area contributed by atoms with Crippen LogP contribution < -0.4 is 0 Å². The summed E-state index contributed by atoms with van der Waals surface area (Å²) in [6.45, 7) is 1.79. The van der Waals surface area contributed by atoms with Crippen molar-refractivity contribution in [3.8, 4) is 0 Å². The predicted molar refractivity (Wildman–Crippen MR) is 77.5 cm³/mol. The molecule has 112 valence electrons. The molecular weight excluding hydrogens is 295 g/mol. The number of H-pyrrole nitrogens is 1. The number of benzene rings is 1. The molecule has 2 heterocycles. The minimum atomic E-state index is -2.99. The zero-order chi connectivity index (χ0) is 15.4. The zero-order valence-electron chi connectivity index (χ0n) is 11.7. The van der Waals surface area contributed by atoms with Gasteiger partial charge in [0.05, 0.1) is 17.5 Å². The van der Waals surface area contributed by atoms with Crippen LogP contribution in [0.15, 0.2) is 18.2 Å². The van der Waals surface area contributed by atoms with Crippen LogP contribution in [0.3, 0.4) is 0 Å². The van der Waals surface area contributed by atoms with E-state index in [9.17, 15) is 17.6 Å². The molecule has 2 aromatic rings. The van der Waals surface area contributed by atoms with Gasteiger partial charge in [0.15, 0.2) is 9.84 Å². The summed E-state index contributed by atoms with van der Waals surface area (Å²) >= 11 is 0. The normalized spacial score (nSPS) is 17.7. The summed E-state index contributed by atoms with van der Waals surface area (Å²) in [5.41, 5.74) is 1.68. The summed E-state index contributed by atoms with van der Waals surface area (Å²) < 4.78 is 35.7. The van der Waals surface area contributed by atoms with E-state index in [2.05, 4.69) is 4.98 Å². The first-order valence-electron chi connectivity index (χ1n) is 6.54. The molecule has 1 saturated heterocycles. The lowest BCUT2D eigenvalue weighted by Crippen LogP contribution is -2.53. The number of sulfone groups is 1. The second-order valence-electron chi connectivity index (χ2n) is 5.46. The molecule has 0 atom stereocenters. The maximum Gasteiger partial charge on any atom is 0.270 e. The van der Waals surface area contributed by atoms with Crippen LogP contribution in [0.4, 0.5) is 4.39 Å². The fourth-order valence-electron chi connectivity index (χ4n) is 2.63. The van der Waals surface area contributed by atoms with Crippen LogP contribution in [-0.2, 0) is 9.84 Å². The lowest BCUT2D eigenvalue weighted by molar-refractivity contribution is 0.0744. The third kappa shape index (κ3) is 2.31. The van der Waals surface area contributed by atoms with Crippen molar-refractivity contribution in [2.75, 3.05) is 18.6 Å². The summed E-state index contributed by atoms with van der Waals surface area (Å²) in [7, 11) is -1.39. The molecule has 0 saturated carbocycles. The Hall–Kier alpha value is -1.89. The monoisotopic (exact) mass is 310 g/mol. The van der Waals surface area contributed by atoms with Gasteiger partial charge in [0.1, 0.15) is 11.5 Å². The predicted octanol–water partition coefficient (Wildman–Crippen LogP) is 1.48. The highest BCUT2D eigenvalue weighted by molar-refractivity contribution is 7.92. The largest absolute Gasteiger partial charge is 0.350 e. The Morgan fingerprint density at radius 2 is 2.05 bits per heavy atom. The Labute approximate surface area is 121 Å². The number of hydrogen-bond acceptors (Lipinski definition) is 3. The van der Waals surface area contributed by atoms with E-state index in [0.717, 1.165) is 10.9 Å². The van der Waals surface area contributed by atoms with Gasteiger partial charge in [-0.25, -0.2) is 12.8 Å². The van der Waals surface area contributed by atoms with Crippen molar-refractivity contribution in [2.24, 2.45) is 0 Å². The highest BCUT2D eigenvalue weighted by atomic mass is 32.2. The van der Waals surface area contributed by atoms with E-state index in [1.165, 1.54) is 17.0 Å². The number of rotatable bonds is 2. The van der Waals surface area contributed by atoms with Gasteiger partial charge in [-0.3, -0.25) is 4.79 Å². The second kappa shape index (κ2) is 4.56. The van der Waals surface area contributed by atoms with Crippen molar-refractivity contribution in [3.05, 3.63) is 35.3 Å². The quantitative estimate of drug-likeness (QED) is 0.913. The first-order valence-corrected chi connectivity index (χ1v) is 8.36. The topological polar surface area (TPSA) is 70.2 Å². The summed E-state index contributed by atoms with van der Waals surface area (Å²) in [4.78, 5) is 16.8. The smallest absolute Gasteiger partial charge is 0.270 e. The number of carbonyl (C=O) groups excluding carboxylic acids is 1. The molecule has 21 heavy (non-hydrogen) atoms. The maximum absolute atomic E-state index is 13.2. The van der Waals surface area contributed by atoms with Crippen LogP contribution >= 0.6 is 0 Å². The zero-order valence-corrected chi connectivity index (χ0v) is 12.5. The Morgan fingerprint density at radius 3 is 2.67 bits per heavy atom. The lowest BCUT2D eigenvalue weighted by Gasteiger charge is -2.34. The van der Waals surface area contributed by atoms with Crippen molar-refractivity contribution >= 4 is 26.6 Å². The molecule has 1 aromatic heterocycles. The first-order chi connectivity index (χ1) is 9.78. The molecule has 0 unspecified atom stereocenters. The van der Waals surface area contributed by atoms with E-state index in [0.29, 0.717) is 11.2 Å². The van der Waals surface area contributed by atoms with Gasteiger partial charge in [0, 0.05) is 18.0 Å². The summed E-state index contributed by atoms with van der Waals surface area (Å²) in [5, 5.41) is 0.786. The van der Waals surface area contributed by atoms with Gasteiger partial charge >= 0.3 is 0 Å². The van der Waals surface area contributed by atoms with Gasteiger partial charge < -0.3 is 9.88 Å². The number of fused-ring (bicyclic) bond motifs is 1. The second-order valence-corrected chi connectivity index (χ2v) is 7.62. The number of halogens is 1. The summed E-state index contributed by atoms with van der Waals surface area (Å²) in [6, 6.07) is 4.03. The summed E-state index contributed by atoms with van der Waals surface area (Å²) in [5.74, 6) is -0.642. The SMILES string of the molecule is Cc1c(C(=O)N(C)C2CS(=O)(=O)C2)[nH]c2cc(F)ccc12. The Kier molecular flexibility index (Phi) is 3.05. The van der Waals surface area contributed by atoms with Crippen molar-refractivity contribution < 1.29 is 17.6 Å². The van der Waals surface area contributed by atoms with E-state index in [4.69, 9.17) is 0 Å². The van der Waals surface area contributed by atoms with E-state index < -0.39 is 9.84 Å². The molecule has 0 spiro atoms.